The van der Waals surface area contributed by atoms with Crippen LogP contribution in [0.3, 0.4) is 0 Å². The first-order valence-corrected chi connectivity index (χ1v) is 7.72. The molecule has 1 aromatic heterocycles. The molecule has 3 heteroatoms. The maximum absolute atomic E-state index is 4.36. The third-order valence-electron chi connectivity index (χ3n) is 4.95. The fraction of sp³-hybridized carbons (Fsp3) is 0.500. The number of hydrogen-bond acceptors (Lipinski definition) is 2. The predicted octanol–water partition coefficient (Wildman–Crippen LogP) is 3.35. The molecule has 112 valence electrons. The summed E-state index contributed by atoms with van der Waals surface area (Å²) >= 11 is 0. The Balaban J connectivity index is 1.77. The maximum atomic E-state index is 4.36. The number of nitrogens with zero attached hydrogens (tertiary/aromatic N) is 3. The van der Waals surface area contributed by atoms with Crippen molar-refractivity contribution in [3.8, 4) is 0 Å². The zero-order chi connectivity index (χ0) is 15.0. The topological polar surface area (TPSA) is 21.1 Å². The Bertz CT molecular complexity index is 613. The second-order valence-corrected chi connectivity index (χ2v) is 7.00. The van der Waals surface area contributed by atoms with Crippen molar-refractivity contribution in [1.29, 1.82) is 0 Å². The van der Waals surface area contributed by atoms with Gasteiger partial charge in [-0.15, -0.1) is 0 Å². The van der Waals surface area contributed by atoms with Crippen LogP contribution in [0.25, 0.3) is 0 Å². The van der Waals surface area contributed by atoms with Gasteiger partial charge in [0.05, 0.1) is 6.20 Å². The van der Waals surface area contributed by atoms with E-state index in [2.05, 4.69) is 61.1 Å². The number of aryl methyl sites for hydroxylation is 1. The van der Waals surface area contributed by atoms with Gasteiger partial charge in [-0.2, -0.15) is 5.10 Å². The molecule has 0 N–H and O–H groups in total. The summed E-state index contributed by atoms with van der Waals surface area (Å²) < 4.78 is 1.96. The van der Waals surface area contributed by atoms with Gasteiger partial charge < -0.3 is 0 Å². The van der Waals surface area contributed by atoms with E-state index in [4.69, 9.17) is 0 Å². The van der Waals surface area contributed by atoms with Gasteiger partial charge in [0.15, 0.2) is 0 Å². The molecule has 0 bridgehead atoms. The second kappa shape index (κ2) is 5.30. The Labute approximate surface area is 127 Å². The number of aromatic nitrogens is 2. The van der Waals surface area contributed by atoms with E-state index in [9.17, 15) is 0 Å². The molecule has 1 aliphatic rings. The van der Waals surface area contributed by atoms with Crippen LogP contribution in [0.1, 0.15) is 36.6 Å². The maximum Gasteiger partial charge on any atom is 0.0537 e. The molecule has 1 atom stereocenters. The molecule has 1 aromatic carbocycles. The van der Waals surface area contributed by atoms with E-state index < -0.39 is 0 Å². The van der Waals surface area contributed by atoms with Crippen LogP contribution in [0.5, 0.6) is 0 Å². The second-order valence-electron chi connectivity index (χ2n) is 7.00. The average molecular weight is 283 g/mol. The first-order chi connectivity index (χ1) is 9.97. The van der Waals surface area contributed by atoms with Crippen LogP contribution < -0.4 is 0 Å². The van der Waals surface area contributed by atoms with E-state index in [-0.39, 0.29) is 0 Å². The van der Waals surface area contributed by atoms with Gasteiger partial charge in [0, 0.05) is 43.9 Å². The standard InChI is InChI=1S/C18H25N3/c1-14-16(10-19-20(14)4)11-21-12-17(18(2,3)13-21)15-8-6-5-7-9-15/h5-10,17H,11-13H2,1-4H3/t17-/m1/s1. The van der Waals surface area contributed by atoms with Gasteiger partial charge in [-0.1, -0.05) is 44.2 Å². The van der Waals surface area contributed by atoms with Gasteiger partial charge in [0.1, 0.15) is 0 Å². The zero-order valence-corrected chi connectivity index (χ0v) is 13.5. The van der Waals surface area contributed by atoms with Crippen molar-refractivity contribution in [3.63, 3.8) is 0 Å². The van der Waals surface area contributed by atoms with E-state index >= 15 is 0 Å². The highest BCUT2D eigenvalue weighted by molar-refractivity contribution is 5.25. The minimum absolute atomic E-state index is 0.317. The van der Waals surface area contributed by atoms with Gasteiger partial charge in [-0.05, 0) is 17.9 Å². The lowest BCUT2D eigenvalue weighted by Gasteiger charge is -2.26. The number of hydrogen-bond donors (Lipinski definition) is 0. The minimum atomic E-state index is 0.317. The van der Waals surface area contributed by atoms with Crippen molar-refractivity contribution in [2.45, 2.75) is 33.2 Å². The van der Waals surface area contributed by atoms with Crippen LogP contribution in [-0.4, -0.2) is 27.8 Å². The quantitative estimate of drug-likeness (QED) is 0.861. The first kappa shape index (κ1) is 14.3. The highest BCUT2D eigenvalue weighted by Gasteiger charge is 2.40. The third-order valence-corrected chi connectivity index (χ3v) is 4.95. The van der Waals surface area contributed by atoms with Gasteiger partial charge in [0.2, 0.25) is 0 Å². The predicted molar refractivity (Wildman–Crippen MR) is 86.2 cm³/mol. The van der Waals surface area contributed by atoms with Crippen LogP contribution in [0.4, 0.5) is 0 Å². The van der Waals surface area contributed by atoms with Crippen molar-refractivity contribution < 1.29 is 0 Å². The molecule has 1 fully saturated rings. The van der Waals surface area contributed by atoms with E-state index in [1.807, 2.05) is 17.9 Å². The summed E-state index contributed by atoms with van der Waals surface area (Å²) in [7, 11) is 2.01. The number of rotatable bonds is 3. The third kappa shape index (κ3) is 2.75. The minimum Gasteiger partial charge on any atom is -0.298 e. The SMILES string of the molecule is Cc1c(CN2C[C@H](c3ccccc3)C(C)(C)C2)cnn1C. The van der Waals surface area contributed by atoms with Gasteiger partial charge in [0.25, 0.3) is 0 Å². The van der Waals surface area contributed by atoms with Crippen molar-refractivity contribution in [2.24, 2.45) is 12.5 Å². The molecular formula is C18H25N3. The highest BCUT2D eigenvalue weighted by atomic mass is 15.3. The highest BCUT2D eigenvalue weighted by Crippen LogP contribution is 2.42. The van der Waals surface area contributed by atoms with Crippen LogP contribution in [-0.2, 0) is 13.6 Å². The average Bonchev–Trinajstić information content (AvgIpc) is 2.93. The molecule has 2 heterocycles. The smallest absolute Gasteiger partial charge is 0.0537 e. The van der Waals surface area contributed by atoms with Gasteiger partial charge in [-0.3, -0.25) is 9.58 Å². The van der Waals surface area contributed by atoms with Crippen LogP contribution in [0.2, 0.25) is 0 Å². The number of benzene rings is 1. The van der Waals surface area contributed by atoms with Crippen molar-refractivity contribution in [1.82, 2.24) is 14.7 Å². The summed E-state index contributed by atoms with van der Waals surface area (Å²) in [6, 6.07) is 10.9. The molecular weight excluding hydrogens is 258 g/mol. The van der Waals surface area contributed by atoms with Crippen LogP contribution in [0, 0.1) is 12.3 Å². The molecule has 0 spiro atoms. The Morgan fingerprint density at radius 1 is 1.24 bits per heavy atom. The zero-order valence-electron chi connectivity index (χ0n) is 13.5. The van der Waals surface area contributed by atoms with Crippen molar-refractivity contribution in [2.75, 3.05) is 13.1 Å². The molecule has 3 nitrogen and oxygen atoms in total. The Morgan fingerprint density at radius 2 is 1.95 bits per heavy atom. The van der Waals surface area contributed by atoms with Gasteiger partial charge >= 0.3 is 0 Å². The summed E-state index contributed by atoms with van der Waals surface area (Å²) in [5.74, 6) is 0.607. The summed E-state index contributed by atoms with van der Waals surface area (Å²) in [6.07, 6.45) is 2.01. The lowest BCUT2D eigenvalue weighted by Crippen LogP contribution is -2.23. The van der Waals surface area contributed by atoms with E-state index in [0.717, 1.165) is 19.6 Å². The molecule has 0 saturated carbocycles. The summed E-state index contributed by atoms with van der Waals surface area (Å²) in [5, 5.41) is 4.36. The molecule has 21 heavy (non-hydrogen) atoms. The fourth-order valence-electron chi connectivity index (χ4n) is 3.56. The van der Waals surface area contributed by atoms with Gasteiger partial charge in [-0.25, -0.2) is 0 Å². The fourth-order valence-corrected chi connectivity index (χ4v) is 3.56. The Morgan fingerprint density at radius 3 is 2.57 bits per heavy atom. The van der Waals surface area contributed by atoms with E-state index in [1.165, 1.54) is 16.8 Å². The Kier molecular flexibility index (Phi) is 3.62. The summed E-state index contributed by atoms with van der Waals surface area (Å²) in [6.45, 7) is 10.2. The summed E-state index contributed by atoms with van der Waals surface area (Å²) in [4.78, 5) is 2.57. The normalized spacial score (nSPS) is 21.8. The molecule has 0 unspecified atom stereocenters. The Hall–Kier alpha value is -1.61. The van der Waals surface area contributed by atoms with Crippen molar-refractivity contribution in [3.05, 3.63) is 53.3 Å². The van der Waals surface area contributed by atoms with Crippen LogP contribution >= 0.6 is 0 Å². The molecule has 0 amide bonds. The molecule has 0 aliphatic carbocycles. The van der Waals surface area contributed by atoms with E-state index in [1.54, 1.807) is 0 Å². The number of likely N-dealkylation sites (tertiary alicyclic amines) is 1. The van der Waals surface area contributed by atoms with E-state index in [0.29, 0.717) is 11.3 Å². The molecule has 3 rings (SSSR count). The largest absolute Gasteiger partial charge is 0.298 e. The molecule has 2 aromatic rings. The van der Waals surface area contributed by atoms with Crippen LogP contribution in [0.15, 0.2) is 36.5 Å². The lowest BCUT2D eigenvalue weighted by molar-refractivity contribution is 0.281. The summed E-state index contributed by atoms with van der Waals surface area (Å²) in [5.41, 5.74) is 4.41. The first-order valence-electron chi connectivity index (χ1n) is 7.72. The monoisotopic (exact) mass is 283 g/mol. The lowest BCUT2D eigenvalue weighted by atomic mass is 9.78. The molecule has 1 saturated heterocycles. The van der Waals surface area contributed by atoms with Crippen molar-refractivity contribution >= 4 is 0 Å². The molecule has 1 aliphatic heterocycles. The molecule has 0 radical (unpaired) electrons.